The highest BCUT2D eigenvalue weighted by Gasteiger charge is 2.02. The van der Waals surface area contributed by atoms with Gasteiger partial charge in [0.25, 0.3) is 0 Å². The standard InChI is InChI=1S/C5H11IN2/c6-8-4-1-2-7-3-5-8/h7H,1-5H2. The van der Waals surface area contributed by atoms with E-state index in [1.54, 1.807) is 0 Å². The molecule has 0 aromatic rings. The van der Waals surface area contributed by atoms with Gasteiger partial charge in [0.2, 0.25) is 0 Å². The van der Waals surface area contributed by atoms with Crippen LogP contribution in [0.3, 0.4) is 0 Å². The minimum absolute atomic E-state index is 1.16. The molecule has 1 N–H and O–H groups in total. The van der Waals surface area contributed by atoms with Gasteiger partial charge < -0.3 is 5.32 Å². The van der Waals surface area contributed by atoms with Crippen LogP contribution in [0.5, 0.6) is 0 Å². The topological polar surface area (TPSA) is 15.3 Å². The molecule has 8 heavy (non-hydrogen) atoms. The Morgan fingerprint density at radius 2 is 2.12 bits per heavy atom. The van der Waals surface area contributed by atoms with E-state index in [4.69, 9.17) is 0 Å². The lowest BCUT2D eigenvalue weighted by Gasteiger charge is -2.06. The van der Waals surface area contributed by atoms with Crippen molar-refractivity contribution in [2.75, 3.05) is 26.2 Å². The molecule has 0 atom stereocenters. The summed E-state index contributed by atoms with van der Waals surface area (Å²) >= 11 is 2.37. The van der Waals surface area contributed by atoms with Crippen LogP contribution in [0.2, 0.25) is 0 Å². The fourth-order valence-corrected chi connectivity index (χ4v) is 1.40. The normalized spacial score (nSPS) is 25.1. The second kappa shape index (κ2) is 3.63. The van der Waals surface area contributed by atoms with Crippen molar-refractivity contribution in [3.8, 4) is 0 Å². The molecule has 0 amide bonds. The maximum Gasteiger partial charge on any atom is 0.0206 e. The minimum Gasteiger partial charge on any atom is -0.315 e. The van der Waals surface area contributed by atoms with Crippen LogP contribution in [0.1, 0.15) is 6.42 Å². The number of hydrogen-bond acceptors (Lipinski definition) is 2. The largest absolute Gasteiger partial charge is 0.315 e. The summed E-state index contributed by atoms with van der Waals surface area (Å²) in [6.45, 7) is 4.79. The van der Waals surface area contributed by atoms with Crippen LogP contribution in [0.4, 0.5) is 0 Å². The SMILES string of the molecule is IN1CCCNCC1. The molecule has 1 rings (SSSR count). The zero-order valence-electron chi connectivity index (χ0n) is 4.86. The molecule has 0 aliphatic carbocycles. The molecular formula is C5H11IN2. The van der Waals surface area contributed by atoms with Crippen molar-refractivity contribution in [1.82, 2.24) is 8.43 Å². The summed E-state index contributed by atoms with van der Waals surface area (Å²) in [7, 11) is 0. The van der Waals surface area contributed by atoms with Crippen molar-refractivity contribution in [1.29, 1.82) is 0 Å². The summed E-state index contributed by atoms with van der Waals surface area (Å²) < 4.78 is 2.33. The van der Waals surface area contributed by atoms with Gasteiger partial charge in [-0.3, -0.25) is 0 Å². The molecule has 0 saturated carbocycles. The van der Waals surface area contributed by atoms with Crippen LogP contribution in [-0.2, 0) is 0 Å². The van der Waals surface area contributed by atoms with Gasteiger partial charge in [0.05, 0.1) is 0 Å². The first-order valence-electron chi connectivity index (χ1n) is 3.01. The molecule has 0 radical (unpaired) electrons. The lowest BCUT2D eigenvalue weighted by Crippen LogP contribution is -2.19. The minimum atomic E-state index is 1.16. The van der Waals surface area contributed by atoms with Gasteiger partial charge in [-0.05, 0) is 13.0 Å². The van der Waals surface area contributed by atoms with Crippen molar-refractivity contribution in [2.45, 2.75) is 6.42 Å². The summed E-state index contributed by atoms with van der Waals surface area (Å²) in [6.07, 6.45) is 1.29. The molecule has 1 saturated heterocycles. The van der Waals surface area contributed by atoms with Crippen molar-refractivity contribution < 1.29 is 0 Å². The fourth-order valence-electron chi connectivity index (χ4n) is 0.813. The molecule has 1 aliphatic rings. The predicted octanol–water partition coefficient (Wildman–Crippen LogP) is 0.632. The van der Waals surface area contributed by atoms with E-state index in [1.807, 2.05) is 0 Å². The van der Waals surface area contributed by atoms with Crippen LogP contribution >= 0.6 is 22.9 Å². The van der Waals surface area contributed by atoms with Gasteiger partial charge in [-0.2, -0.15) is 0 Å². The van der Waals surface area contributed by atoms with Crippen molar-refractivity contribution in [3.63, 3.8) is 0 Å². The maximum atomic E-state index is 3.33. The number of nitrogens with zero attached hydrogens (tertiary/aromatic N) is 1. The zero-order valence-corrected chi connectivity index (χ0v) is 7.02. The second-order valence-corrected chi connectivity index (χ2v) is 3.38. The van der Waals surface area contributed by atoms with Gasteiger partial charge >= 0.3 is 0 Å². The number of nitrogens with one attached hydrogen (secondary N) is 1. The number of hydrogen-bond donors (Lipinski definition) is 1. The zero-order chi connectivity index (χ0) is 5.82. The number of rotatable bonds is 0. The van der Waals surface area contributed by atoms with Gasteiger partial charge in [-0.25, -0.2) is 3.11 Å². The monoisotopic (exact) mass is 226 g/mol. The third kappa shape index (κ3) is 2.28. The summed E-state index contributed by atoms with van der Waals surface area (Å²) in [5, 5.41) is 3.33. The van der Waals surface area contributed by atoms with E-state index in [9.17, 15) is 0 Å². The fraction of sp³-hybridized carbons (Fsp3) is 1.00. The molecule has 1 fully saturated rings. The molecule has 0 aromatic carbocycles. The van der Waals surface area contributed by atoms with Crippen LogP contribution in [-0.4, -0.2) is 29.3 Å². The van der Waals surface area contributed by atoms with E-state index in [0.29, 0.717) is 0 Å². The Balaban J connectivity index is 2.17. The molecule has 1 heterocycles. The second-order valence-electron chi connectivity index (χ2n) is 2.01. The Kier molecular flexibility index (Phi) is 3.07. The molecule has 0 spiro atoms. The molecule has 1 aliphatic heterocycles. The Morgan fingerprint density at radius 3 is 3.00 bits per heavy atom. The predicted molar refractivity (Wildman–Crippen MR) is 43.1 cm³/mol. The summed E-state index contributed by atoms with van der Waals surface area (Å²) in [4.78, 5) is 0. The van der Waals surface area contributed by atoms with E-state index in [1.165, 1.54) is 26.1 Å². The van der Waals surface area contributed by atoms with Crippen LogP contribution in [0.25, 0.3) is 0 Å². The summed E-state index contributed by atoms with van der Waals surface area (Å²) in [5.41, 5.74) is 0. The molecule has 0 unspecified atom stereocenters. The molecule has 0 aromatic heterocycles. The maximum absolute atomic E-state index is 3.33. The average Bonchev–Trinajstić information content (AvgIpc) is 1.94. The molecule has 2 nitrogen and oxygen atoms in total. The van der Waals surface area contributed by atoms with Gasteiger partial charge in [-0.15, -0.1) is 0 Å². The molecule has 0 bridgehead atoms. The molecule has 48 valence electrons. The van der Waals surface area contributed by atoms with E-state index >= 15 is 0 Å². The van der Waals surface area contributed by atoms with Crippen molar-refractivity contribution in [2.24, 2.45) is 0 Å². The van der Waals surface area contributed by atoms with Gasteiger partial charge in [0.1, 0.15) is 0 Å². The van der Waals surface area contributed by atoms with E-state index in [2.05, 4.69) is 31.3 Å². The van der Waals surface area contributed by atoms with Gasteiger partial charge in [0.15, 0.2) is 0 Å². The summed E-state index contributed by atoms with van der Waals surface area (Å²) in [6, 6.07) is 0. The van der Waals surface area contributed by atoms with Crippen molar-refractivity contribution in [3.05, 3.63) is 0 Å². The smallest absolute Gasteiger partial charge is 0.0206 e. The lowest BCUT2D eigenvalue weighted by atomic mass is 10.4. The highest BCUT2D eigenvalue weighted by Crippen LogP contribution is 2.00. The molecular weight excluding hydrogens is 215 g/mol. The average molecular weight is 226 g/mol. The Morgan fingerprint density at radius 1 is 1.25 bits per heavy atom. The van der Waals surface area contributed by atoms with Crippen LogP contribution in [0.15, 0.2) is 0 Å². The Bertz CT molecular complexity index is 59.4. The van der Waals surface area contributed by atoms with Gasteiger partial charge in [0, 0.05) is 42.5 Å². The highest BCUT2D eigenvalue weighted by molar-refractivity contribution is 14.1. The highest BCUT2D eigenvalue weighted by atomic mass is 127. The van der Waals surface area contributed by atoms with Gasteiger partial charge in [-0.1, -0.05) is 0 Å². The van der Waals surface area contributed by atoms with Crippen LogP contribution < -0.4 is 5.32 Å². The lowest BCUT2D eigenvalue weighted by molar-refractivity contribution is 0.542. The van der Waals surface area contributed by atoms with E-state index < -0.39 is 0 Å². The Hall–Kier alpha value is 0.650. The first-order valence-corrected chi connectivity index (χ1v) is 3.97. The third-order valence-corrected chi connectivity index (χ3v) is 2.25. The quantitative estimate of drug-likeness (QED) is 0.481. The van der Waals surface area contributed by atoms with Crippen molar-refractivity contribution >= 4 is 22.9 Å². The first kappa shape index (κ1) is 6.77. The van der Waals surface area contributed by atoms with E-state index in [-0.39, 0.29) is 0 Å². The molecule has 3 heteroatoms. The summed E-state index contributed by atoms with van der Waals surface area (Å²) in [5.74, 6) is 0. The first-order chi connectivity index (χ1) is 3.89. The van der Waals surface area contributed by atoms with E-state index in [0.717, 1.165) is 6.54 Å². The number of halogens is 1. The Labute approximate surface area is 64.1 Å². The third-order valence-electron chi connectivity index (χ3n) is 1.29. The van der Waals surface area contributed by atoms with Crippen LogP contribution in [0, 0.1) is 0 Å².